The number of hydrogen-bond donors (Lipinski definition) is 1. The van der Waals surface area contributed by atoms with Crippen LogP contribution in [0.25, 0.3) is 0 Å². The van der Waals surface area contributed by atoms with Gasteiger partial charge in [0.2, 0.25) is 5.91 Å². The molecule has 1 saturated heterocycles. The van der Waals surface area contributed by atoms with Crippen molar-refractivity contribution in [2.75, 3.05) is 13.7 Å². The monoisotopic (exact) mass is 324 g/mol. The van der Waals surface area contributed by atoms with Gasteiger partial charge in [0, 0.05) is 18.7 Å². The average Bonchev–Trinajstić information content (AvgIpc) is 2.96. The zero-order valence-electron chi connectivity index (χ0n) is 13.6. The lowest BCUT2D eigenvalue weighted by Crippen LogP contribution is -2.41. The van der Waals surface area contributed by atoms with Crippen LogP contribution >= 0.6 is 0 Å². The summed E-state index contributed by atoms with van der Waals surface area (Å²) in [6.07, 6.45) is 0.626. The normalized spacial score (nSPS) is 17.0. The van der Waals surface area contributed by atoms with Crippen molar-refractivity contribution in [3.8, 4) is 5.75 Å². The van der Waals surface area contributed by atoms with E-state index in [-0.39, 0.29) is 11.8 Å². The van der Waals surface area contributed by atoms with Crippen molar-refractivity contribution >= 4 is 11.8 Å². The predicted octanol–water partition coefficient (Wildman–Crippen LogP) is 2.23. The number of likely N-dealkylation sites (tertiary alicyclic amines) is 1. The van der Waals surface area contributed by atoms with E-state index in [1.165, 1.54) is 0 Å². The van der Waals surface area contributed by atoms with Crippen LogP contribution in [0, 0.1) is 0 Å². The van der Waals surface area contributed by atoms with E-state index in [0.29, 0.717) is 30.8 Å². The number of methoxy groups -OCH3 is 1. The molecule has 1 aliphatic rings. The van der Waals surface area contributed by atoms with E-state index in [9.17, 15) is 9.59 Å². The quantitative estimate of drug-likeness (QED) is 0.917. The highest BCUT2D eigenvalue weighted by molar-refractivity contribution is 5.98. The van der Waals surface area contributed by atoms with E-state index in [2.05, 4.69) is 5.32 Å². The van der Waals surface area contributed by atoms with Gasteiger partial charge in [-0.1, -0.05) is 36.4 Å². The first-order valence-corrected chi connectivity index (χ1v) is 7.95. The van der Waals surface area contributed by atoms with E-state index >= 15 is 0 Å². The number of nitrogens with one attached hydrogen (secondary N) is 1. The summed E-state index contributed by atoms with van der Waals surface area (Å²) in [5, 5.41) is 2.83. The van der Waals surface area contributed by atoms with Gasteiger partial charge >= 0.3 is 0 Å². The molecule has 1 atom stereocenters. The lowest BCUT2D eigenvalue weighted by molar-refractivity contribution is -0.129. The molecule has 3 rings (SSSR count). The highest BCUT2D eigenvalue weighted by Gasteiger charge is 2.32. The molecule has 1 heterocycles. The summed E-state index contributed by atoms with van der Waals surface area (Å²) < 4.78 is 5.12. The SMILES string of the molecule is COc1cccc(C(=O)NC2CCN(Cc3ccccc3)C2=O)c1. The fourth-order valence-corrected chi connectivity index (χ4v) is 2.84. The highest BCUT2D eigenvalue weighted by Crippen LogP contribution is 2.17. The Morgan fingerprint density at radius 2 is 2.00 bits per heavy atom. The molecule has 1 N–H and O–H groups in total. The second kappa shape index (κ2) is 7.17. The van der Waals surface area contributed by atoms with Gasteiger partial charge in [0.05, 0.1) is 7.11 Å². The maximum atomic E-state index is 12.5. The first kappa shape index (κ1) is 16.1. The molecular weight excluding hydrogens is 304 g/mol. The third kappa shape index (κ3) is 3.56. The Morgan fingerprint density at radius 3 is 2.75 bits per heavy atom. The van der Waals surface area contributed by atoms with Crippen molar-refractivity contribution in [2.24, 2.45) is 0 Å². The van der Waals surface area contributed by atoms with Crippen LogP contribution in [0.3, 0.4) is 0 Å². The van der Waals surface area contributed by atoms with Gasteiger partial charge in [0.25, 0.3) is 5.91 Å². The molecule has 0 saturated carbocycles. The van der Waals surface area contributed by atoms with Crippen molar-refractivity contribution in [3.05, 3.63) is 65.7 Å². The van der Waals surface area contributed by atoms with Crippen molar-refractivity contribution in [3.63, 3.8) is 0 Å². The summed E-state index contributed by atoms with van der Waals surface area (Å²) in [4.78, 5) is 26.6. The molecule has 1 unspecified atom stereocenters. The topological polar surface area (TPSA) is 58.6 Å². The van der Waals surface area contributed by atoms with Gasteiger partial charge in [0.15, 0.2) is 0 Å². The lowest BCUT2D eigenvalue weighted by atomic mass is 10.1. The smallest absolute Gasteiger partial charge is 0.252 e. The molecule has 5 heteroatoms. The molecule has 0 bridgehead atoms. The van der Waals surface area contributed by atoms with E-state index in [1.54, 1.807) is 36.3 Å². The summed E-state index contributed by atoms with van der Waals surface area (Å²) in [6.45, 7) is 1.22. The summed E-state index contributed by atoms with van der Waals surface area (Å²) in [6, 6.07) is 16.3. The van der Waals surface area contributed by atoms with Gasteiger partial charge in [-0.3, -0.25) is 9.59 Å². The fraction of sp³-hybridized carbons (Fsp3) is 0.263. The van der Waals surface area contributed by atoms with Gasteiger partial charge in [0.1, 0.15) is 11.8 Å². The molecule has 0 radical (unpaired) electrons. The van der Waals surface area contributed by atoms with E-state index in [1.807, 2.05) is 30.3 Å². The fourth-order valence-electron chi connectivity index (χ4n) is 2.84. The minimum atomic E-state index is -0.465. The Bertz CT molecular complexity index is 730. The second-order valence-corrected chi connectivity index (χ2v) is 5.79. The van der Waals surface area contributed by atoms with Crippen molar-refractivity contribution in [2.45, 2.75) is 19.0 Å². The predicted molar refractivity (Wildman–Crippen MR) is 90.7 cm³/mol. The Hall–Kier alpha value is -2.82. The molecule has 2 amide bonds. The van der Waals surface area contributed by atoms with Crippen LogP contribution in [0.15, 0.2) is 54.6 Å². The Balaban J connectivity index is 1.62. The molecular formula is C19H20N2O3. The Labute approximate surface area is 141 Å². The maximum Gasteiger partial charge on any atom is 0.252 e. The summed E-state index contributed by atoms with van der Waals surface area (Å²) in [7, 11) is 1.55. The molecule has 2 aromatic carbocycles. The number of hydrogen-bond acceptors (Lipinski definition) is 3. The number of carbonyl (C=O) groups excluding carboxylic acids is 2. The average molecular weight is 324 g/mol. The van der Waals surface area contributed by atoms with E-state index < -0.39 is 6.04 Å². The second-order valence-electron chi connectivity index (χ2n) is 5.79. The molecule has 0 aromatic heterocycles. The number of amides is 2. The molecule has 0 aliphatic carbocycles. The number of carbonyl (C=O) groups is 2. The van der Waals surface area contributed by atoms with Gasteiger partial charge in [-0.15, -0.1) is 0 Å². The van der Waals surface area contributed by atoms with E-state index in [0.717, 1.165) is 5.56 Å². The van der Waals surface area contributed by atoms with Crippen LogP contribution in [0.5, 0.6) is 5.75 Å². The molecule has 1 aliphatic heterocycles. The molecule has 1 fully saturated rings. The molecule has 0 spiro atoms. The number of ether oxygens (including phenoxy) is 1. The third-order valence-corrected chi connectivity index (χ3v) is 4.15. The van der Waals surface area contributed by atoms with Crippen LogP contribution in [0.2, 0.25) is 0 Å². The van der Waals surface area contributed by atoms with Crippen molar-refractivity contribution in [1.29, 1.82) is 0 Å². The number of benzene rings is 2. The molecule has 2 aromatic rings. The molecule has 24 heavy (non-hydrogen) atoms. The third-order valence-electron chi connectivity index (χ3n) is 4.15. The Morgan fingerprint density at radius 1 is 1.21 bits per heavy atom. The van der Waals surface area contributed by atoms with Crippen LogP contribution in [0.4, 0.5) is 0 Å². The first-order valence-electron chi connectivity index (χ1n) is 7.95. The largest absolute Gasteiger partial charge is 0.497 e. The number of nitrogens with zero attached hydrogens (tertiary/aromatic N) is 1. The van der Waals surface area contributed by atoms with Crippen LogP contribution in [-0.4, -0.2) is 36.4 Å². The van der Waals surface area contributed by atoms with E-state index in [4.69, 9.17) is 4.74 Å². The molecule has 124 valence electrons. The minimum Gasteiger partial charge on any atom is -0.497 e. The standard InChI is InChI=1S/C19H20N2O3/c1-24-16-9-5-8-15(12-16)18(22)20-17-10-11-21(19(17)23)13-14-6-3-2-4-7-14/h2-9,12,17H,10-11,13H2,1H3,(H,20,22). The van der Waals surface area contributed by atoms with Gasteiger partial charge in [-0.25, -0.2) is 0 Å². The zero-order chi connectivity index (χ0) is 16.9. The highest BCUT2D eigenvalue weighted by atomic mass is 16.5. The van der Waals surface area contributed by atoms with Gasteiger partial charge in [-0.2, -0.15) is 0 Å². The Kier molecular flexibility index (Phi) is 4.79. The summed E-state index contributed by atoms with van der Waals surface area (Å²) in [5.74, 6) is 0.329. The first-order chi connectivity index (χ1) is 11.7. The maximum absolute atomic E-state index is 12.5. The van der Waals surface area contributed by atoms with Crippen LogP contribution < -0.4 is 10.1 Å². The van der Waals surface area contributed by atoms with Crippen molar-refractivity contribution in [1.82, 2.24) is 10.2 Å². The van der Waals surface area contributed by atoms with Crippen molar-refractivity contribution < 1.29 is 14.3 Å². The minimum absolute atomic E-state index is 0.0323. The summed E-state index contributed by atoms with van der Waals surface area (Å²) >= 11 is 0. The number of rotatable bonds is 5. The lowest BCUT2D eigenvalue weighted by Gasteiger charge is -2.17. The molecule has 5 nitrogen and oxygen atoms in total. The zero-order valence-corrected chi connectivity index (χ0v) is 13.6. The van der Waals surface area contributed by atoms with Crippen LogP contribution in [0.1, 0.15) is 22.3 Å². The van der Waals surface area contributed by atoms with Gasteiger partial charge < -0.3 is 15.0 Å². The van der Waals surface area contributed by atoms with Gasteiger partial charge in [-0.05, 0) is 30.2 Å². The van der Waals surface area contributed by atoms with Crippen LogP contribution in [-0.2, 0) is 11.3 Å². The summed E-state index contributed by atoms with van der Waals surface area (Å²) in [5.41, 5.74) is 1.58.